The first-order valence-corrected chi connectivity index (χ1v) is 16.3. The third-order valence-corrected chi connectivity index (χ3v) is 9.05. The van der Waals surface area contributed by atoms with E-state index < -0.39 is 0 Å². The van der Waals surface area contributed by atoms with E-state index >= 15 is 0 Å². The number of aromatic nitrogens is 4. The summed E-state index contributed by atoms with van der Waals surface area (Å²) in [7, 11) is 0. The number of phenolic OH excluding ortho intramolecular Hbond substituents is 2. The van der Waals surface area contributed by atoms with Gasteiger partial charge in [0.15, 0.2) is 0 Å². The number of phenols is 2. The van der Waals surface area contributed by atoms with Crippen molar-refractivity contribution in [3.63, 3.8) is 0 Å². The van der Waals surface area contributed by atoms with Crippen molar-refractivity contribution in [3.05, 3.63) is 156 Å². The Morgan fingerprint density at radius 3 is 1.12 bits per heavy atom. The first-order valence-electron chi connectivity index (χ1n) is 16.3. The van der Waals surface area contributed by atoms with Crippen LogP contribution in [0.15, 0.2) is 133 Å². The van der Waals surface area contributed by atoms with Gasteiger partial charge in [0.05, 0.1) is 22.8 Å². The molecule has 9 rings (SSSR count). The number of hydrogen-bond donors (Lipinski definition) is 2. The van der Waals surface area contributed by atoms with Crippen molar-refractivity contribution in [2.45, 2.75) is 0 Å². The molecular weight excluding hydrogens is 682 g/mol. The Bertz CT molecular complexity index is 2620. The van der Waals surface area contributed by atoms with Gasteiger partial charge in [-0.15, -0.1) is 22.1 Å². The van der Waals surface area contributed by atoms with Crippen molar-refractivity contribution >= 4 is 46.4 Å². The molecule has 2 N–H and O–H groups in total. The van der Waals surface area contributed by atoms with E-state index in [0.717, 1.165) is 67.0 Å². The van der Waals surface area contributed by atoms with Crippen molar-refractivity contribution in [2.75, 3.05) is 0 Å². The minimum atomic E-state index is -0.0725. The van der Waals surface area contributed by atoms with Gasteiger partial charge in [-0.05, 0) is 75.4 Å². The third kappa shape index (κ3) is 5.78. The zero-order valence-corrected chi connectivity index (χ0v) is 30.4. The molecule has 3 aromatic heterocycles. The van der Waals surface area contributed by atoms with E-state index in [1.54, 1.807) is 12.1 Å². The molecule has 0 radical (unpaired) electrons. The first-order chi connectivity index (χ1) is 24.6. The maximum absolute atomic E-state index is 11.2. The zero-order chi connectivity index (χ0) is 33.6. The molecule has 0 aliphatic carbocycles. The van der Waals surface area contributed by atoms with Crippen LogP contribution >= 0.6 is 0 Å². The molecule has 0 atom stereocenters. The van der Waals surface area contributed by atoms with E-state index in [0.29, 0.717) is 22.3 Å². The van der Waals surface area contributed by atoms with E-state index in [1.807, 2.05) is 91.0 Å². The Balaban J connectivity index is 0.00000374. The van der Waals surface area contributed by atoms with E-state index in [1.165, 1.54) is 6.07 Å². The Morgan fingerprint density at radius 2 is 0.745 bits per heavy atom. The second-order valence-electron chi connectivity index (χ2n) is 12.2. The summed E-state index contributed by atoms with van der Waals surface area (Å²) in [5.41, 5.74) is 12.7. The van der Waals surface area contributed by atoms with Crippen LogP contribution < -0.4 is 9.97 Å². The molecule has 0 spiro atoms. The van der Waals surface area contributed by atoms with Gasteiger partial charge >= 0.3 is 19.5 Å². The zero-order valence-electron chi connectivity index (χ0n) is 27.4. The van der Waals surface area contributed by atoms with Gasteiger partial charge < -0.3 is 20.2 Å². The molecular formula is C44H28N4O2Zn. The molecule has 51 heavy (non-hydrogen) atoms. The van der Waals surface area contributed by atoms with Crippen LogP contribution in [0.3, 0.4) is 0 Å². The number of aromatic hydroxyl groups is 2. The second-order valence-corrected chi connectivity index (χ2v) is 12.2. The summed E-state index contributed by atoms with van der Waals surface area (Å²) < 4.78 is 0. The summed E-state index contributed by atoms with van der Waals surface area (Å²) in [4.78, 5) is 20.9. The van der Waals surface area contributed by atoms with Crippen molar-refractivity contribution in [3.8, 4) is 56.0 Å². The molecule has 0 unspecified atom stereocenters. The average Bonchev–Trinajstić information content (AvgIpc) is 3.98. The van der Waals surface area contributed by atoms with Gasteiger partial charge in [0, 0.05) is 11.6 Å². The van der Waals surface area contributed by atoms with Crippen LogP contribution in [0.1, 0.15) is 22.8 Å². The molecule has 8 bridgehead atoms. The van der Waals surface area contributed by atoms with Crippen LogP contribution in [0.4, 0.5) is 0 Å². The molecule has 0 amide bonds. The molecule has 7 heteroatoms. The molecule has 0 fully saturated rings. The normalized spacial score (nSPS) is 11.8. The van der Waals surface area contributed by atoms with Gasteiger partial charge in [-0.3, -0.25) is 0 Å². The van der Waals surface area contributed by atoms with Crippen LogP contribution in [-0.4, -0.2) is 20.2 Å². The molecule has 0 saturated heterocycles. The Morgan fingerprint density at radius 1 is 0.392 bits per heavy atom. The standard InChI is InChI=1S/C44H28N4O2.Zn/c49-30-16-17-31(40(50)26-30)44-38-24-22-36(47-38)42(28-12-6-2-7-13-28)34-20-18-32(45-34)41(27-10-4-1-5-11-27)33-19-21-35(46-33)43(29-14-8-3-9-15-29)37-23-25-39(44)48-37;/h1-26H,(H2-2,45,46,47,48,49,50);/q-2;+2. The maximum Gasteiger partial charge on any atom is 2.00 e. The van der Waals surface area contributed by atoms with Gasteiger partial charge in [-0.2, -0.15) is 0 Å². The van der Waals surface area contributed by atoms with Crippen LogP contribution in [0.2, 0.25) is 0 Å². The first kappa shape index (κ1) is 31.9. The van der Waals surface area contributed by atoms with Crippen LogP contribution in [0.5, 0.6) is 11.5 Å². The largest absolute Gasteiger partial charge is 2.00 e. The van der Waals surface area contributed by atoms with Crippen LogP contribution in [0, 0.1) is 0 Å². The van der Waals surface area contributed by atoms with Crippen LogP contribution in [0.25, 0.3) is 90.9 Å². The van der Waals surface area contributed by atoms with E-state index in [4.69, 9.17) is 19.9 Å². The molecule has 7 aromatic rings. The minimum Gasteiger partial charge on any atom is -0.657 e. The Hall–Kier alpha value is -6.30. The summed E-state index contributed by atoms with van der Waals surface area (Å²) >= 11 is 0. The SMILES string of the molecule is Oc1ccc(-c2c3nc(c(-c4ccccc4)c4ccc([n-]4)c(-c4ccccc4)c4nc(c(-c5ccccc5)c5ccc2[n-]5)C=C4)C=C3)c(O)c1.[Zn+2]. The predicted molar refractivity (Wildman–Crippen MR) is 202 cm³/mol. The fourth-order valence-corrected chi connectivity index (χ4v) is 6.80. The summed E-state index contributed by atoms with van der Waals surface area (Å²) in [6.45, 7) is 0. The number of hydrogen-bond acceptors (Lipinski definition) is 4. The molecule has 0 saturated carbocycles. The van der Waals surface area contributed by atoms with Crippen LogP contribution in [-0.2, 0) is 19.5 Å². The van der Waals surface area contributed by atoms with Crippen molar-refractivity contribution in [2.24, 2.45) is 0 Å². The number of rotatable bonds is 4. The van der Waals surface area contributed by atoms with Crippen molar-refractivity contribution in [1.29, 1.82) is 0 Å². The number of nitrogens with zero attached hydrogens (tertiary/aromatic N) is 4. The van der Waals surface area contributed by atoms with Gasteiger partial charge in [-0.1, -0.05) is 115 Å². The fraction of sp³-hybridized carbons (Fsp3) is 0. The summed E-state index contributed by atoms with van der Waals surface area (Å²) in [5.74, 6) is -0.105. The molecule has 4 aromatic carbocycles. The Kier molecular flexibility index (Phi) is 8.27. The smallest absolute Gasteiger partial charge is 0.657 e. The van der Waals surface area contributed by atoms with Gasteiger partial charge in [0.1, 0.15) is 11.5 Å². The van der Waals surface area contributed by atoms with E-state index in [2.05, 4.69) is 48.5 Å². The monoisotopic (exact) mass is 708 g/mol. The maximum atomic E-state index is 11.2. The summed E-state index contributed by atoms with van der Waals surface area (Å²) in [5, 5.41) is 21.3. The number of benzene rings is 4. The summed E-state index contributed by atoms with van der Waals surface area (Å²) in [6, 6.07) is 43.1. The molecule has 2 aliphatic heterocycles. The molecule has 5 heterocycles. The topological polar surface area (TPSA) is 94.4 Å². The van der Waals surface area contributed by atoms with Gasteiger partial charge in [0.2, 0.25) is 0 Å². The van der Waals surface area contributed by atoms with Gasteiger partial charge in [-0.25, -0.2) is 9.97 Å². The number of fused-ring (bicyclic) bond motifs is 8. The molecule has 238 valence electrons. The van der Waals surface area contributed by atoms with Crippen molar-refractivity contribution in [1.82, 2.24) is 19.9 Å². The van der Waals surface area contributed by atoms with E-state index in [-0.39, 0.29) is 31.0 Å². The van der Waals surface area contributed by atoms with E-state index in [9.17, 15) is 10.2 Å². The molecule has 6 nitrogen and oxygen atoms in total. The average molecular weight is 710 g/mol. The quantitative estimate of drug-likeness (QED) is 0.177. The Labute approximate surface area is 307 Å². The predicted octanol–water partition coefficient (Wildman–Crippen LogP) is 9.99. The molecule has 2 aliphatic rings. The third-order valence-electron chi connectivity index (χ3n) is 9.05. The van der Waals surface area contributed by atoms with Gasteiger partial charge in [0.25, 0.3) is 0 Å². The fourth-order valence-electron chi connectivity index (χ4n) is 6.80. The summed E-state index contributed by atoms with van der Waals surface area (Å²) in [6.07, 6.45) is 8.03. The minimum absolute atomic E-state index is 0. The van der Waals surface area contributed by atoms with Crippen molar-refractivity contribution < 1.29 is 29.7 Å². The second kappa shape index (κ2) is 13.2.